The van der Waals surface area contributed by atoms with Gasteiger partial charge < -0.3 is 31.1 Å². The van der Waals surface area contributed by atoms with Gasteiger partial charge in [0, 0.05) is 12.2 Å². The molecule has 0 unspecified atom stereocenters. The summed E-state index contributed by atoms with van der Waals surface area (Å²) >= 11 is 0. The maximum Gasteiger partial charge on any atom is 0.335 e. The summed E-state index contributed by atoms with van der Waals surface area (Å²) in [4.78, 5) is 46.2. The number of hydrogen-bond acceptors (Lipinski definition) is 6. The van der Waals surface area contributed by atoms with Crippen molar-refractivity contribution in [3.05, 3.63) is 65.2 Å². The molecule has 2 aromatic carbocycles. The van der Waals surface area contributed by atoms with Crippen molar-refractivity contribution in [3.63, 3.8) is 0 Å². The van der Waals surface area contributed by atoms with Crippen LogP contribution in [0.4, 0.5) is 5.69 Å². The Morgan fingerprint density at radius 3 is 1.83 bits per heavy atom. The van der Waals surface area contributed by atoms with Crippen LogP contribution in [0.2, 0.25) is 0 Å². The molecular weight excluding hydrogens is 384 g/mol. The van der Waals surface area contributed by atoms with Crippen LogP contribution in [0, 0.1) is 0 Å². The van der Waals surface area contributed by atoms with E-state index in [1.54, 1.807) is 30.3 Å². The van der Waals surface area contributed by atoms with Gasteiger partial charge in [-0.1, -0.05) is 30.3 Å². The molecular formula is C19H18N2O8. The van der Waals surface area contributed by atoms with Gasteiger partial charge in [-0.25, -0.2) is 9.59 Å². The second-order valence-corrected chi connectivity index (χ2v) is 5.99. The van der Waals surface area contributed by atoms with Crippen LogP contribution in [0.15, 0.2) is 48.5 Å². The van der Waals surface area contributed by atoms with Gasteiger partial charge in [-0.15, -0.1) is 0 Å². The van der Waals surface area contributed by atoms with Crippen LogP contribution in [0.25, 0.3) is 0 Å². The van der Waals surface area contributed by atoms with Crippen LogP contribution in [-0.4, -0.2) is 56.4 Å². The molecule has 0 aliphatic carbocycles. The Morgan fingerprint density at radius 2 is 1.31 bits per heavy atom. The van der Waals surface area contributed by atoms with Gasteiger partial charge in [-0.2, -0.15) is 0 Å². The lowest BCUT2D eigenvalue weighted by Crippen LogP contribution is -2.47. The summed E-state index contributed by atoms with van der Waals surface area (Å²) in [5.41, 5.74) is -0.311. The van der Waals surface area contributed by atoms with E-state index in [0.717, 1.165) is 23.8 Å². The molecule has 2 aromatic rings. The summed E-state index contributed by atoms with van der Waals surface area (Å²) in [5, 5.41) is 42.3. The van der Waals surface area contributed by atoms with Crippen molar-refractivity contribution >= 4 is 29.4 Å². The molecule has 0 heterocycles. The lowest BCUT2D eigenvalue weighted by Gasteiger charge is -2.17. The highest BCUT2D eigenvalue weighted by molar-refractivity contribution is 6.01. The quantitative estimate of drug-likeness (QED) is 0.359. The van der Waals surface area contributed by atoms with E-state index in [9.17, 15) is 29.4 Å². The zero-order chi connectivity index (χ0) is 21.6. The molecule has 0 radical (unpaired) electrons. The number of aliphatic hydroxyl groups is 2. The first kappa shape index (κ1) is 21.5. The van der Waals surface area contributed by atoms with Gasteiger partial charge in [0.25, 0.3) is 11.8 Å². The van der Waals surface area contributed by atoms with Crippen LogP contribution in [0.3, 0.4) is 0 Å². The number of carbonyl (C=O) groups excluding carboxylic acids is 2. The van der Waals surface area contributed by atoms with Crippen LogP contribution in [0.1, 0.15) is 26.3 Å². The van der Waals surface area contributed by atoms with E-state index in [1.165, 1.54) is 0 Å². The SMILES string of the molecule is O=C(O)c1cc(NC(=O)[C@H](O)[C@@H](O)C(=O)NCc2ccccc2)cc(C(=O)O)c1. The predicted octanol–water partition coefficient (Wildman–Crippen LogP) is 0.0597. The predicted molar refractivity (Wildman–Crippen MR) is 99.3 cm³/mol. The number of hydrogen-bond donors (Lipinski definition) is 6. The highest BCUT2D eigenvalue weighted by Gasteiger charge is 2.30. The summed E-state index contributed by atoms with van der Waals surface area (Å²) in [6.45, 7) is 0.0632. The summed E-state index contributed by atoms with van der Waals surface area (Å²) in [7, 11) is 0. The third-order valence-corrected chi connectivity index (χ3v) is 3.84. The summed E-state index contributed by atoms with van der Waals surface area (Å²) < 4.78 is 0. The van der Waals surface area contributed by atoms with Gasteiger partial charge >= 0.3 is 11.9 Å². The monoisotopic (exact) mass is 402 g/mol. The lowest BCUT2D eigenvalue weighted by molar-refractivity contribution is -0.143. The number of amides is 2. The number of benzene rings is 2. The highest BCUT2D eigenvalue weighted by Crippen LogP contribution is 2.16. The second-order valence-electron chi connectivity index (χ2n) is 5.99. The zero-order valence-corrected chi connectivity index (χ0v) is 14.9. The average molecular weight is 402 g/mol. The van der Waals surface area contributed by atoms with Crippen molar-refractivity contribution in [2.45, 2.75) is 18.8 Å². The van der Waals surface area contributed by atoms with E-state index < -0.39 is 47.1 Å². The van der Waals surface area contributed by atoms with Crippen molar-refractivity contribution in [1.29, 1.82) is 0 Å². The number of carboxylic acids is 2. The standard InChI is InChI=1S/C19H18N2O8/c22-14(16(24)20-9-10-4-2-1-3-5-10)15(23)17(25)21-13-7-11(18(26)27)6-12(8-13)19(28)29/h1-8,14-15,22-23H,9H2,(H,20,24)(H,21,25)(H,26,27)(H,28,29)/t14-,15-/m1/s1. The Hall–Kier alpha value is -3.76. The minimum absolute atomic E-state index is 0.0632. The fourth-order valence-corrected chi connectivity index (χ4v) is 2.34. The summed E-state index contributed by atoms with van der Waals surface area (Å²) in [6, 6.07) is 11.6. The van der Waals surface area contributed by atoms with E-state index in [2.05, 4.69) is 10.6 Å². The highest BCUT2D eigenvalue weighted by atomic mass is 16.4. The average Bonchev–Trinajstić information content (AvgIpc) is 2.71. The second kappa shape index (κ2) is 9.44. The van der Waals surface area contributed by atoms with E-state index in [-0.39, 0.29) is 12.2 Å². The molecule has 2 rings (SSSR count). The first-order valence-electron chi connectivity index (χ1n) is 8.29. The Labute approximate surface area is 164 Å². The van der Waals surface area contributed by atoms with E-state index >= 15 is 0 Å². The Morgan fingerprint density at radius 1 is 0.793 bits per heavy atom. The third kappa shape index (κ3) is 5.86. The third-order valence-electron chi connectivity index (χ3n) is 3.84. The van der Waals surface area contributed by atoms with Gasteiger partial charge in [0.1, 0.15) is 0 Å². The molecule has 0 bridgehead atoms. The van der Waals surface area contributed by atoms with Gasteiger partial charge in [0.15, 0.2) is 12.2 Å². The lowest BCUT2D eigenvalue weighted by atomic mass is 10.1. The molecule has 0 aliphatic heterocycles. The molecule has 0 saturated heterocycles. The van der Waals surface area contributed by atoms with E-state index in [4.69, 9.17) is 10.2 Å². The normalized spacial score (nSPS) is 12.5. The fourth-order valence-electron chi connectivity index (χ4n) is 2.34. The molecule has 0 spiro atoms. The summed E-state index contributed by atoms with van der Waals surface area (Å²) in [6.07, 6.45) is -4.27. The fraction of sp³-hybridized carbons (Fsp3) is 0.158. The number of carboxylic acid groups (broad SMARTS) is 2. The number of anilines is 1. The molecule has 10 heteroatoms. The number of aliphatic hydroxyl groups excluding tert-OH is 2. The van der Waals surface area contributed by atoms with E-state index in [0.29, 0.717) is 0 Å². The van der Waals surface area contributed by atoms with Crippen LogP contribution >= 0.6 is 0 Å². The molecule has 0 fully saturated rings. The number of aromatic carboxylic acids is 2. The Bertz CT molecular complexity index is 897. The minimum atomic E-state index is -2.17. The van der Waals surface area contributed by atoms with Gasteiger partial charge in [0.05, 0.1) is 11.1 Å². The molecule has 0 aromatic heterocycles. The molecule has 0 aliphatic rings. The van der Waals surface area contributed by atoms with E-state index in [1.807, 2.05) is 0 Å². The minimum Gasteiger partial charge on any atom is -0.478 e. The van der Waals surface area contributed by atoms with Crippen LogP contribution < -0.4 is 10.6 Å². The molecule has 152 valence electrons. The number of rotatable bonds is 8. The molecule has 2 atom stereocenters. The van der Waals surface area contributed by atoms with Gasteiger partial charge in [0.2, 0.25) is 0 Å². The van der Waals surface area contributed by atoms with Gasteiger partial charge in [-0.05, 0) is 23.8 Å². The van der Waals surface area contributed by atoms with Crippen LogP contribution in [0.5, 0.6) is 0 Å². The van der Waals surface area contributed by atoms with Crippen molar-refractivity contribution in [1.82, 2.24) is 5.32 Å². The maximum absolute atomic E-state index is 12.1. The molecule has 10 nitrogen and oxygen atoms in total. The van der Waals surface area contributed by atoms with Crippen molar-refractivity contribution in [2.75, 3.05) is 5.32 Å². The number of carbonyl (C=O) groups is 4. The Balaban J connectivity index is 2.04. The smallest absolute Gasteiger partial charge is 0.335 e. The first-order chi connectivity index (χ1) is 13.7. The topological polar surface area (TPSA) is 173 Å². The zero-order valence-electron chi connectivity index (χ0n) is 14.9. The molecule has 0 saturated carbocycles. The summed E-state index contributed by atoms with van der Waals surface area (Å²) in [5.74, 6) is -5.07. The van der Waals surface area contributed by atoms with Gasteiger partial charge in [-0.3, -0.25) is 9.59 Å². The maximum atomic E-state index is 12.1. The molecule has 2 amide bonds. The van der Waals surface area contributed by atoms with Crippen molar-refractivity contribution < 1.29 is 39.6 Å². The molecule has 29 heavy (non-hydrogen) atoms. The number of nitrogens with one attached hydrogen (secondary N) is 2. The Kier molecular flexibility index (Phi) is 7.01. The molecule has 6 N–H and O–H groups in total. The van der Waals surface area contributed by atoms with Crippen LogP contribution in [-0.2, 0) is 16.1 Å². The largest absolute Gasteiger partial charge is 0.478 e. The first-order valence-corrected chi connectivity index (χ1v) is 8.29. The van der Waals surface area contributed by atoms with Crippen molar-refractivity contribution in [3.8, 4) is 0 Å². The van der Waals surface area contributed by atoms with Crippen molar-refractivity contribution in [2.24, 2.45) is 0 Å².